The molecular weight excluding hydrogens is 284 g/mol. The third-order valence-electron chi connectivity index (χ3n) is 4.74. The van der Waals surface area contributed by atoms with Crippen molar-refractivity contribution < 1.29 is 14.5 Å². The van der Waals surface area contributed by atoms with E-state index >= 15 is 0 Å². The molecule has 0 aromatic carbocycles. The van der Waals surface area contributed by atoms with Crippen molar-refractivity contribution in [1.29, 1.82) is 0 Å². The highest BCUT2D eigenvalue weighted by atomic mass is 17.2. The van der Waals surface area contributed by atoms with Gasteiger partial charge in [-0.3, -0.25) is 4.90 Å². The molecule has 22 heavy (non-hydrogen) atoms. The number of hydrogen-bond acceptors (Lipinski definition) is 7. The average molecular weight is 314 g/mol. The number of likely N-dealkylation sites (tertiary alicyclic amines) is 1. The Morgan fingerprint density at radius 3 is 2.55 bits per heavy atom. The van der Waals surface area contributed by atoms with Gasteiger partial charge in [-0.2, -0.15) is 9.90 Å². The molecule has 0 bridgehead atoms. The Morgan fingerprint density at radius 2 is 1.82 bits per heavy atom. The molecule has 7 heteroatoms. The van der Waals surface area contributed by atoms with Gasteiger partial charge in [0.25, 0.3) is 0 Å². The third-order valence-corrected chi connectivity index (χ3v) is 4.74. The van der Waals surface area contributed by atoms with Gasteiger partial charge in [-0.25, -0.2) is 9.90 Å². The van der Waals surface area contributed by atoms with E-state index in [0.29, 0.717) is 13.2 Å². The van der Waals surface area contributed by atoms with Crippen molar-refractivity contribution in [1.82, 2.24) is 20.2 Å². The second-order valence-electron chi connectivity index (χ2n) is 6.16. The molecule has 7 nitrogen and oxygen atoms in total. The van der Waals surface area contributed by atoms with Gasteiger partial charge in [0, 0.05) is 45.8 Å². The van der Waals surface area contributed by atoms with Gasteiger partial charge < -0.3 is 10.1 Å². The lowest BCUT2D eigenvalue weighted by Crippen LogP contribution is -2.73. The molecule has 3 saturated heterocycles. The highest BCUT2D eigenvalue weighted by Gasteiger charge is 2.50. The van der Waals surface area contributed by atoms with Crippen LogP contribution in [0, 0.1) is 0 Å². The molecule has 1 atom stereocenters. The smallest absolute Gasteiger partial charge is 0.249 e. The molecule has 3 aliphatic rings. The van der Waals surface area contributed by atoms with Crippen molar-refractivity contribution in [3.05, 3.63) is 0 Å². The summed E-state index contributed by atoms with van der Waals surface area (Å²) >= 11 is 0. The van der Waals surface area contributed by atoms with Crippen molar-refractivity contribution in [3.63, 3.8) is 0 Å². The Kier molecular flexibility index (Phi) is 6.03. The van der Waals surface area contributed by atoms with Crippen molar-refractivity contribution in [3.8, 4) is 0 Å². The summed E-state index contributed by atoms with van der Waals surface area (Å²) in [4.78, 5) is 13.8. The minimum atomic E-state index is -0.605. The average Bonchev–Trinajstić information content (AvgIpc) is 2.61. The topological polar surface area (TPSA) is 49.4 Å². The van der Waals surface area contributed by atoms with Crippen molar-refractivity contribution in [2.75, 3.05) is 65.6 Å². The normalized spacial score (nSPS) is 33.1. The number of morpholine rings is 1. The Balaban J connectivity index is 1.81. The van der Waals surface area contributed by atoms with E-state index < -0.39 is 5.85 Å². The number of nitrogens with zero attached hydrogens (tertiary/aromatic N) is 3. The van der Waals surface area contributed by atoms with Gasteiger partial charge in [0.1, 0.15) is 6.61 Å². The van der Waals surface area contributed by atoms with Crippen LogP contribution in [0.1, 0.15) is 26.2 Å². The molecule has 3 heterocycles. The lowest BCUT2D eigenvalue weighted by Gasteiger charge is -2.55. The summed E-state index contributed by atoms with van der Waals surface area (Å²) in [5, 5.41) is 8.19. The first-order valence-electron chi connectivity index (χ1n) is 8.73. The number of nitrogens with one attached hydrogen (secondary N) is 1. The second-order valence-corrected chi connectivity index (χ2v) is 6.16. The van der Waals surface area contributed by atoms with E-state index in [4.69, 9.17) is 14.5 Å². The monoisotopic (exact) mass is 314 g/mol. The second kappa shape index (κ2) is 8.01. The van der Waals surface area contributed by atoms with Gasteiger partial charge >= 0.3 is 0 Å². The summed E-state index contributed by atoms with van der Waals surface area (Å²) in [7, 11) is 0. The number of ether oxygens (including phenoxy) is 1. The highest BCUT2D eigenvalue weighted by Crippen LogP contribution is 2.31. The number of rotatable bonds is 5. The fourth-order valence-electron chi connectivity index (χ4n) is 3.63. The molecule has 0 aliphatic carbocycles. The minimum absolute atomic E-state index is 0.539. The maximum Gasteiger partial charge on any atom is 0.249 e. The quantitative estimate of drug-likeness (QED) is 0.576. The molecule has 1 unspecified atom stereocenters. The van der Waals surface area contributed by atoms with E-state index in [1.807, 2.05) is 6.92 Å². The standard InChI is InChI=1S/C15H30N4O3/c1-2-21-22-15(17-8-4-3-5-9-17)14-20-13-12-19(15)18-10-6-16-7-11-18/h16H,2-14H2,1H3. The predicted molar refractivity (Wildman–Crippen MR) is 82.8 cm³/mol. The Hall–Kier alpha value is -0.280. The molecule has 128 valence electrons. The molecule has 0 aromatic heterocycles. The van der Waals surface area contributed by atoms with Gasteiger partial charge in [-0.05, 0) is 19.8 Å². The van der Waals surface area contributed by atoms with E-state index in [1.54, 1.807) is 0 Å². The summed E-state index contributed by atoms with van der Waals surface area (Å²) in [6.07, 6.45) is 3.73. The Morgan fingerprint density at radius 1 is 1.05 bits per heavy atom. The van der Waals surface area contributed by atoms with Crippen LogP contribution in [0.2, 0.25) is 0 Å². The van der Waals surface area contributed by atoms with Crippen LogP contribution in [0.3, 0.4) is 0 Å². The van der Waals surface area contributed by atoms with Crippen LogP contribution in [0.4, 0.5) is 0 Å². The van der Waals surface area contributed by atoms with E-state index in [9.17, 15) is 0 Å². The molecule has 0 radical (unpaired) electrons. The highest BCUT2D eigenvalue weighted by molar-refractivity contribution is 4.86. The summed E-state index contributed by atoms with van der Waals surface area (Å²) in [5.41, 5.74) is 0. The maximum atomic E-state index is 5.99. The first kappa shape index (κ1) is 16.6. The zero-order valence-electron chi connectivity index (χ0n) is 13.8. The first-order valence-corrected chi connectivity index (χ1v) is 8.73. The van der Waals surface area contributed by atoms with E-state index in [1.165, 1.54) is 19.3 Å². The Bertz CT molecular complexity index is 335. The number of piperidine rings is 1. The van der Waals surface area contributed by atoms with Crippen LogP contribution < -0.4 is 5.32 Å². The lowest BCUT2D eigenvalue weighted by atomic mass is 10.1. The third kappa shape index (κ3) is 3.46. The van der Waals surface area contributed by atoms with Crippen molar-refractivity contribution in [2.45, 2.75) is 32.0 Å². The van der Waals surface area contributed by atoms with E-state index in [2.05, 4.69) is 20.2 Å². The summed E-state index contributed by atoms with van der Waals surface area (Å²) in [6, 6.07) is 0. The number of hydrogen-bond donors (Lipinski definition) is 1. The number of piperazine rings is 1. The van der Waals surface area contributed by atoms with Gasteiger partial charge in [0.05, 0.1) is 13.2 Å². The van der Waals surface area contributed by atoms with Crippen LogP contribution in [0.25, 0.3) is 0 Å². The van der Waals surface area contributed by atoms with Crippen LogP contribution in [0.5, 0.6) is 0 Å². The summed E-state index contributed by atoms with van der Waals surface area (Å²) < 4.78 is 5.83. The molecule has 0 amide bonds. The first-order chi connectivity index (χ1) is 10.9. The largest absolute Gasteiger partial charge is 0.374 e. The van der Waals surface area contributed by atoms with Crippen molar-refractivity contribution >= 4 is 0 Å². The van der Waals surface area contributed by atoms with E-state index in [-0.39, 0.29) is 0 Å². The lowest BCUT2D eigenvalue weighted by molar-refractivity contribution is -0.473. The predicted octanol–water partition coefficient (Wildman–Crippen LogP) is 0.247. The van der Waals surface area contributed by atoms with Crippen LogP contribution >= 0.6 is 0 Å². The summed E-state index contributed by atoms with van der Waals surface area (Å²) in [5.74, 6) is -0.605. The van der Waals surface area contributed by atoms with Gasteiger partial charge in [-0.15, -0.1) is 0 Å². The van der Waals surface area contributed by atoms with Crippen LogP contribution in [0.15, 0.2) is 0 Å². The molecule has 3 fully saturated rings. The van der Waals surface area contributed by atoms with Crippen molar-refractivity contribution in [2.24, 2.45) is 0 Å². The molecule has 1 N–H and O–H groups in total. The fourth-order valence-corrected chi connectivity index (χ4v) is 3.63. The molecule has 0 aromatic rings. The molecule has 0 spiro atoms. The van der Waals surface area contributed by atoms with Crippen LogP contribution in [-0.2, 0) is 14.5 Å². The Labute approximate surface area is 133 Å². The fraction of sp³-hybridized carbons (Fsp3) is 1.00. The summed E-state index contributed by atoms with van der Waals surface area (Å²) in [6.45, 7) is 10.8. The molecule has 0 saturated carbocycles. The van der Waals surface area contributed by atoms with Gasteiger partial charge in [-0.1, -0.05) is 6.42 Å². The molecular formula is C15H30N4O3. The minimum Gasteiger partial charge on any atom is -0.374 e. The molecule has 3 rings (SSSR count). The van der Waals surface area contributed by atoms with Crippen LogP contribution in [-0.4, -0.2) is 86.4 Å². The number of hydrazine groups is 1. The maximum absolute atomic E-state index is 5.99. The van der Waals surface area contributed by atoms with Gasteiger partial charge in [0.2, 0.25) is 5.85 Å². The zero-order valence-corrected chi connectivity index (χ0v) is 13.8. The zero-order chi connectivity index (χ0) is 15.3. The van der Waals surface area contributed by atoms with Gasteiger partial charge in [0.15, 0.2) is 0 Å². The molecule has 3 aliphatic heterocycles. The van der Waals surface area contributed by atoms with E-state index in [0.717, 1.165) is 52.4 Å². The SMILES string of the molecule is CCOOC1(N2CCCCC2)COCCN1N1CCNCC1.